The second kappa shape index (κ2) is 5.27. The minimum Gasteiger partial charge on any atom is -0.481 e. The number of hydrogen-bond donors (Lipinski definition) is 1. The van der Waals surface area contributed by atoms with Crippen molar-refractivity contribution in [2.24, 2.45) is 0 Å². The second-order valence-corrected chi connectivity index (χ2v) is 4.55. The maximum Gasteiger partial charge on any atom is 0.305 e. The zero-order valence-corrected chi connectivity index (χ0v) is 11.0. The van der Waals surface area contributed by atoms with Crippen molar-refractivity contribution in [3.05, 3.63) is 35.1 Å². The van der Waals surface area contributed by atoms with Gasteiger partial charge in [0.2, 0.25) is 0 Å². The number of carbonyl (C=O) groups is 2. The van der Waals surface area contributed by atoms with Crippen molar-refractivity contribution in [2.45, 2.75) is 6.42 Å². The van der Waals surface area contributed by atoms with Crippen LogP contribution in [0.2, 0.25) is 5.02 Å². The van der Waals surface area contributed by atoms with Crippen LogP contribution in [0, 0.1) is 0 Å². The number of carbonyl (C=O) groups excluding carboxylic acids is 1. The van der Waals surface area contributed by atoms with E-state index in [-0.39, 0.29) is 24.6 Å². The Hall–Kier alpha value is -2.08. The molecule has 6 nitrogen and oxygen atoms in total. The summed E-state index contributed by atoms with van der Waals surface area (Å²) in [5.41, 5.74) is 0.970. The van der Waals surface area contributed by atoms with Gasteiger partial charge in [-0.05, 0) is 18.2 Å². The Labute approximate surface area is 114 Å². The van der Waals surface area contributed by atoms with Gasteiger partial charge in [0.1, 0.15) is 0 Å². The van der Waals surface area contributed by atoms with Crippen molar-refractivity contribution < 1.29 is 14.7 Å². The van der Waals surface area contributed by atoms with Crippen molar-refractivity contribution in [3.8, 4) is 0 Å². The summed E-state index contributed by atoms with van der Waals surface area (Å²) in [5, 5.41) is 13.3. The Bertz CT molecular complexity index is 638. The lowest BCUT2D eigenvalue weighted by Gasteiger charge is -2.13. The molecule has 7 heteroatoms. The monoisotopic (exact) mass is 281 g/mol. The number of carboxylic acid groups (broad SMARTS) is 1. The van der Waals surface area contributed by atoms with Crippen LogP contribution in [0.25, 0.3) is 5.52 Å². The SMILES string of the molecule is CN(CCC(=O)O)C(=O)c1cc2cc(Cl)ccn2n1. The topological polar surface area (TPSA) is 74.9 Å². The van der Waals surface area contributed by atoms with Crippen molar-refractivity contribution in [1.29, 1.82) is 0 Å². The van der Waals surface area contributed by atoms with Crippen molar-refractivity contribution in [3.63, 3.8) is 0 Å². The maximum absolute atomic E-state index is 12.0. The zero-order valence-electron chi connectivity index (χ0n) is 10.2. The highest BCUT2D eigenvalue weighted by molar-refractivity contribution is 6.30. The molecule has 1 amide bonds. The minimum atomic E-state index is -0.943. The normalized spacial score (nSPS) is 10.6. The van der Waals surface area contributed by atoms with Gasteiger partial charge in [-0.15, -0.1) is 0 Å². The molecule has 2 heterocycles. The molecule has 0 aliphatic heterocycles. The molecule has 0 aromatic carbocycles. The van der Waals surface area contributed by atoms with Crippen LogP contribution in [0.15, 0.2) is 24.4 Å². The number of pyridine rings is 1. The third-order valence-electron chi connectivity index (χ3n) is 2.65. The van der Waals surface area contributed by atoms with E-state index in [1.807, 2.05) is 0 Å². The minimum absolute atomic E-state index is 0.0958. The fraction of sp³-hybridized carbons (Fsp3) is 0.250. The fourth-order valence-electron chi connectivity index (χ4n) is 1.63. The first-order valence-electron chi connectivity index (χ1n) is 5.59. The Morgan fingerprint density at radius 2 is 2.21 bits per heavy atom. The van der Waals surface area contributed by atoms with Crippen LogP contribution in [-0.4, -0.2) is 45.1 Å². The van der Waals surface area contributed by atoms with Crippen molar-refractivity contribution >= 4 is 29.0 Å². The molecule has 19 heavy (non-hydrogen) atoms. The van der Waals surface area contributed by atoms with Gasteiger partial charge in [-0.2, -0.15) is 5.10 Å². The largest absolute Gasteiger partial charge is 0.481 e. The van der Waals surface area contributed by atoms with Crippen LogP contribution in [0.5, 0.6) is 0 Å². The molecule has 0 saturated heterocycles. The summed E-state index contributed by atoms with van der Waals surface area (Å²) in [6.07, 6.45) is 1.56. The first-order chi connectivity index (χ1) is 8.97. The van der Waals surface area contributed by atoms with Gasteiger partial charge in [0.15, 0.2) is 5.69 Å². The first kappa shape index (κ1) is 13.4. The molecule has 0 spiro atoms. The van der Waals surface area contributed by atoms with E-state index in [9.17, 15) is 9.59 Å². The maximum atomic E-state index is 12.0. The van der Waals surface area contributed by atoms with Crippen LogP contribution >= 0.6 is 11.6 Å². The lowest BCUT2D eigenvalue weighted by Crippen LogP contribution is -2.29. The first-order valence-corrected chi connectivity index (χ1v) is 5.97. The molecule has 0 unspecified atom stereocenters. The summed E-state index contributed by atoms with van der Waals surface area (Å²) in [4.78, 5) is 23.8. The smallest absolute Gasteiger partial charge is 0.305 e. The Morgan fingerprint density at radius 3 is 2.89 bits per heavy atom. The van der Waals surface area contributed by atoms with Gasteiger partial charge in [-0.1, -0.05) is 11.6 Å². The van der Waals surface area contributed by atoms with E-state index < -0.39 is 5.97 Å². The summed E-state index contributed by atoms with van der Waals surface area (Å²) in [6, 6.07) is 4.98. The van der Waals surface area contributed by atoms with Gasteiger partial charge < -0.3 is 10.0 Å². The number of nitrogens with zero attached hydrogens (tertiary/aromatic N) is 3. The molecule has 2 rings (SSSR count). The fourth-order valence-corrected chi connectivity index (χ4v) is 1.80. The molecule has 0 bridgehead atoms. The van der Waals surface area contributed by atoms with E-state index in [1.165, 1.54) is 4.90 Å². The Kier molecular flexibility index (Phi) is 3.71. The molecule has 0 saturated carbocycles. The third kappa shape index (κ3) is 3.03. The summed E-state index contributed by atoms with van der Waals surface area (Å²) in [6.45, 7) is 0.142. The number of rotatable bonds is 4. The average molecular weight is 282 g/mol. The van der Waals surface area contributed by atoms with E-state index in [1.54, 1.807) is 36.0 Å². The highest BCUT2D eigenvalue weighted by atomic mass is 35.5. The highest BCUT2D eigenvalue weighted by Gasteiger charge is 2.16. The van der Waals surface area contributed by atoms with Gasteiger partial charge in [0, 0.05) is 24.8 Å². The van der Waals surface area contributed by atoms with Gasteiger partial charge in [-0.3, -0.25) is 9.59 Å². The molecule has 0 aliphatic carbocycles. The molecular weight excluding hydrogens is 270 g/mol. The predicted molar refractivity (Wildman–Crippen MR) is 69.4 cm³/mol. The predicted octanol–water partition coefficient (Wildman–Crippen LogP) is 1.53. The zero-order chi connectivity index (χ0) is 14.0. The van der Waals surface area contributed by atoms with Crippen LogP contribution in [0.1, 0.15) is 16.9 Å². The van der Waals surface area contributed by atoms with Crippen LogP contribution in [0.3, 0.4) is 0 Å². The van der Waals surface area contributed by atoms with Crippen molar-refractivity contribution in [2.75, 3.05) is 13.6 Å². The van der Waals surface area contributed by atoms with Gasteiger partial charge in [0.05, 0.1) is 11.9 Å². The van der Waals surface area contributed by atoms with Crippen LogP contribution in [-0.2, 0) is 4.79 Å². The number of fused-ring (bicyclic) bond motifs is 1. The summed E-state index contributed by atoms with van der Waals surface area (Å²) in [7, 11) is 1.54. The molecule has 0 atom stereocenters. The second-order valence-electron chi connectivity index (χ2n) is 4.11. The number of carboxylic acids is 1. The molecule has 2 aromatic heterocycles. The van der Waals surface area contributed by atoms with Crippen LogP contribution < -0.4 is 0 Å². The van der Waals surface area contributed by atoms with E-state index in [2.05, 4.69) is 5.10 Å². The molecule has 0 aliphatic rings. The Balaban J connectivity index is 2.19. The number of amides is 1. The van der Waals surface area contributed by atoms with Crippen molar-refractivity contribution in [1.82, 2.24) is 14.5 Å². The highest BCUT2D eigenvalue weighted by Crippen LogP contribution is 2.14. The van der Waals surface area contributed by atoms with Gasteiger partial charge in [0.25, 0.3) is 5.91 Å². The molecule has 0 fully saturated rings. The average Bonchev–Trinajstić information content (AvgIpc) is 2.77. The van der Waals surface area contributed by atoms with E-state index in [4.69, 9.17) is 16.7 Å². The van der Waals surface area contributed by atoms with Crippen LogP contribution in [0.4, 0.5) is 0 Å². The standard InChI is InChI=1S/C12H12ClN3O3/c1-15(4-3-11(17)18)12(19)10-7-9-6-8(13)2-5-16(9)14-10/h2,5-7H,3-4H2,1H3,(H,17,18). The number of halogens is 1. The number of aliphatic carboxylic acids is 1. The van der Waals surface area contributed by atoms with E-state index in [0.717, 1.165) is 0 Å². The summed E-state index contributed by atoms with van der Waals surface area (Å²) >= 11 is 5.85. The van der Waals surface area contributed by atoms with E-state index in [0.29, 0.717) is 10.5 Å². The quantitative estimate of drug-likeness (QED) is 0.922. The van der Waals surface area contributed by atoms with Gasteiger partial charge >= 0.3 is 5.97 Å². The number of aromatic nitrogens is 2. The Morgan fingerprint density at radius 1 is 1.47 bits per heavy atom. The molecule has 100 valence electrons. The molecular formula is C12H12ClN3O3. The summed E-state index contributed by atoms with van der Waals surface area (Å²) < 4.78 is 1.55. The van der Waals surface area contributed by atoms with Gasteiger partial charge in [-0.25, -0.2) is 4.52 Å². The molecule has 0 radical (unpaired) electrons. The summed E-state index contributed by atoms with van der Waals surface area (Å²) in [5.74, 6) is -1.26. The van der Waals surface area contributed by atoms with E-state index >= 15 is 0 Å². The lowest BCUT2D eigenvalue weighted by atomic mass is 10.3. The molecule has 2 aromatic rings. The lowest BCUT2D eigenvalue weighted by molar-refractivity contribution is -0.137. The third-order valence-corrected chi connectivity index (χ3v) is 2.89. The molecule has 1 N–H and O–H groups in total. The number of hydrogen-bond acceptors (Lipinski definition) is 3.